The van der Waals surface area contributed by atoms with Gasteiger partial charge in [-0.25, -0.2) is 0 Å². The molecule has 0 fully saturated rings. The molecular weight excluding hydrogens is 444 g/mol. The Morgan fingerprint density at radius 3 is 1.85 bits per heavy atom. The maximum atomic E-state index is 13.0. The van der Waals surface area contributed by atoms with Gasteiger partial charge >= 0.3 is 0 Å². The maximum Gasteiger partial charge on any atom is 0.219 e. The molecule has 0 unspecified atom stereocenters. The van der Waals surface area contributed by atoms with Crippen molar-refractivity contribution in [2.24, 2.45) is 5.41 Å². The summed E-state index contributed by atoms with van der Waals surface area (Å²) < 4.78 is 0. The van der Waals surface area contributed by atoms with Crippen molar-refractivity contribution in [3.63, 3.8) is 0 Å². The Morgan fingerprint density at radius 1 is 0.848 bits per heavy atom. The van der Waals surface area contributed by atoms with Gasteiger partial charge in [-0.3, -0.25) is 4.79 Å². The van der Waals surface area contributed by atoms with Crippen molar-refractivity contribution < 1.29 is 9.90 Å². The predicted octanol–water partition coefficient (Wildman–Crippen LogP) is 8.91. The van der Waals surface area contributed by atoms with E-state index in [1.54, 1.807) is 11.8 Å². The number of ketones is 1. The lowest BCUT2D eigenvalue weighted by Crippen LogP contribution is -2.21. The summed E-state index contributed by atoms with van der Waals surface area (Å²) in [6, 6.07) is 4.29. The summed E-state index contributed by atoms with van der Waals surface area (Å²) in [5.74, 6) is -0.0123. The molecule has 2 heterocycles. The van der Waals surface area contributed by atoms with Gasteiger partial charge in [-0.15, -0.1) is 0 Å². The van der Waals surface area contributed by atoms with E-state index in [9.17, 15) is 9.90 Å². The average molecular weight is 482 g/mol. The number of carbonyl (C=O) groups is 1. The zero-order valence-electron chi connectivity index (χ0n) is 21.6. The fourth-order valence-corrected chi connectivity index (χ4v) is 5.78. The van der Waals surface area contributed by atoms with E-state index in [4.69, 9.17) is 0 Å². The first-order valence-electron chi connectivity index (χ1n) is 11.5. The average Bonchev–Trinajstić information content (AvgIpc) is 2.67. The van der Waals surface area contributed by atoms with Gasteiger partial charge in [0.1, 0.15) is 5.76 Å². The highest BCUT2D eigenvalue weighted by Gasteiger charge is 2.35. The second-order valence-electron chi connectivity index (χ2n) is 12.0. The molecule has 1 aromatic heterocycles. The second kappa shape index (κ2) is 8.70. The third-order valence-electron chi connectivity index (χ3n) is 5.59. The Balaban J connectivity index is 2.03. The summed E-state index contributed by atoms with van der Waals surface area (Å²) in [5.41, 5.74) is 2.76. The van der Waals surface area contributed by atoms with Gasteiger partial charge in [0.15, 0.2) is 0 Å². The zero-order chi connectivity index (χ0) is 24.9. The second-order valence-corrected chi connectivity index (χ2v) is 14.4. The van der Waals surface area contributed by atoms with Crippen molar-refractivity contribution in [2.45, 2.75) is 80.1 Å². The molecule has 33 heavy (non-hydrogen) atoms. The molecule has 0 spiro atoms. The van der Waals surface area contributed by atoms with Crippen LogP contribution in [0.15, 0.2) is 62.6 Å². The standard InChI is InChI=1S/C29H36O2S2/c1-17-11-18(14-22(32-17)27(2,3)4)12-20-25(30)21(26(20)31)13-19-15-23(28(5,6)7)33-24(16-19)29(8,9)10/h11-16H,1-10H3/p+1. The van der Waals surface area contributed by atoms with Crippen LogP contribution in [0.25, 0.3) is 6.08 Å². The van der Waals surface area contributed by atoms with Gasteiger partial charge in [0.05, 0.1) is 11.1 Å². The Hall–Kier alpha value is -1.91. The van der Waals surface area contributed by atoms with E-state index in [1.807, 2.05) is 23.5 Å². The summed E-state index contributed by atoms with van der Waals surface area (Å²) in [7, 11) is 0. The van der Waals surface area contributed by atoms with Crippen molar-refractivity contribution >= 4 is 35.0 Å². The summed E-state index contributed by atoms with van der Waals surface area (Å²) in [5, 5.41) is 10.8. The number of carbonyl (C=O) groups excluding carboxylic acids is 1. The van der Waals surface area contributed by atoms with Crippen LogP contribution in [-0.2, 0) is 15.6 Å². The largest absolute Gasteiger partial charge is 0.506 e. The van der Waals surface area contributed by atoms with Crippen LogP contribution in [0.4, 0.5) is 0 Å². The zero-order valence-corrected chi connectivity index (χ0v) is 23.3. The Morgan fingerprint density at radius 2 is 1.39 bits per heavy atom. The highest BCUT2D eigenvalue weighted by molar-refractivity contribution is 8.06. The molecule has 0 aromatic carbocycles. The first kappa shape index (κ1) is 25.7. The minimum Gasteiger partial charge on any atom is -0.506 e. The highest BCUT2D eigenvalue weighted by Crippen LogP contribution is 2.43. The molecule has 0 atom stereocenters. The van der Waals surface area contributed by atoms with Crippen LogP contribution in [0.1, 0.15) is 84.6 Å². The first-order valence-corrected chi connectivity index (χ1v) is 13.1. The SMILES string of the molecule is CC1=CC(=CC2=C(O)C(=Cc3cc(C(C)(C)C)[s+]c(C(C)(C)C)c3)C2=O)C=C(C(C)(C)C)S1. The number of rotatable bonds is 2. The van der Waals surface area contributed by atoms with E-state index in [1.165, 1.54) is 19.6 Å². The highest BCUT2D eigenvalue weighted by atomic mass is 32.2. The van der Waals surface area contributed by atoms with Crippen molar-refractivity contribution in [1.82, 2.24) is 0 Å². The number of Topliss-reactive ketones (excluding diaryl/α,β-unsaturated/α-hetero) is 1. The number of aliphatic hydroxyl groups is 1. The van der Waals surface area contributed by atoms with Crippen LogP contribution in [0.3, 0.4) is 0 Å². The van der Waals surface area contributed by atoms with Gasteiger partial charge in [-0.1, -0.05) is 74.1 Å². The molecule has 2 aliphatic rings. The van der Waals surface area contributed by atoms with Crippen LogP contribution in [-0.4, -0.2) is 10.9 Å². The minimum absolute atomic E-state index is 0.0105. The molecule has 2 nitrogen and oxygen atoms in total. The normalized spacial score (nSPS) is 20.2. The summed E-state index contributed by atoms with van der Waals surface area (Å²) in [4.78, 5) is 18.0. The lowest BCUT2D eigenvalue weighted by atomic mass is 9.84. The molecule has 1 aliphatic heterocycles. The van der Waals surface area contributed by atoms with E-state index in [0.717, 1.165) is 11.1 Å². The third kappa shape index (κ3) is 5.78. The molecular formula is C29H37O2S2+. The van der Waals surface area contributed by atoms with E-state index in [-0.39, 0.29) is 27.8 Å². The maximum absolute atomic E-state index is 13.0. The van der Waals surface area contributed by atoms with Crippen LogP contribution in [0.2, 0.25) is 0 Å². The van der Waals surface area contributed by atoms with Crippen LogP contribution in [0.5, 0.6) is 0 Å². The molecule has 0 radical (unpaired) electrons. The number of thioether (sulfide) groups is 1. The number of hydrogen-bond donors (Lipinski definition) is 1. The quantitative estimate of drug-likeness (QED) is 0.338. The summed E-state index contributed by atoms with van der Waals surface area (Å²) in [6.45, 7) is 21.9. The fourth-order valence-electron chi connectivity index (χ4n) is 3.50. The fraction of sp³-hybridized carbons (Fsp3) is 0.448. The van der Waals surface area contributed by atoms with E-state index in [0.29, 0.717) is 11.1 Å². The van der Waals surface area contributed by atoms with Gasteiger partial charge in [0, 0.05) is 23.0 Å². The van der Waals surface area contributed by atoms with Crippen molar-refractivity contribution in [3.8, 4) is 0 Å². The first-order chi connectivity index (χ1) is 15.0. The molecule has 4 heteroatoms. The lowest BCUT2D eigenvalue weighted by molar-refractivity contribution is -0.113. The molecule has 1 aliphatic carbocycles. The number of allylic oxidation sites excluding steroid dienone is 8. The molecule has 1 N–H and O–H groups in total. The van der Waals surface area contributed by atoms with Gasteiger partial charge < -0.3 is 5.11 Å². The monoisotopic (exact) mass is 481 g/mol. The van der Waals surface area contributed by atoms with E-state index < -0.39 is 0 Å². The van der Waals surface area contributed by atoms with E-state index >= 15 is 0 Å². The molecule has 0 amide bonds. The molecule has 1 aromatic rings. The van der Waals surface area contributed by atoms with Gasteiger partial charge in [0.2, 0.25) is 26.9 Å². The van der Waals surface area contributed by atoms with Crippen molar-refractivity contribution in [2.75, 3.05) is 0 Å². The minimum atomic E-state index is -0.0999. The number of aliphatic hydroxyl groups excluding tert-OH is 1. The summed E-state index contributed by atoms with van der Waals surface area (Å²) in [6.07, 6.45) is 7.85. The van der Waals surface area contributed by atoms with Gasteiger partial charge in [-0.2, -0.15) is 0 Å². The van der Waals surface area contributed by atoms with Crippen LogP contribution >= 0.6 is 23.1 Å². The Kier molecular flexibility index (Phi) is 6.78. The predicted molar refractivity (Wildman–Crippen MR) is 146 cm³/mol. The summed E-state index contributed by atoms with van der Waals surface area (Å²) >= 11 is 3.59. The van der Waals surface area contributed by atoms with E-state index in [2.05, 4.69) is 93.5 Å². The molecule has 176 valence electrons. The smallest absolute Gasteiger partial charge is 0.219 e. The Bertz CT molecular complexity index is 1120. The molecule has 3 rings (SSSR count). The van der Waals surface area contributed by atoms with Crippen molar-refractivity contribution in [3.05, 3.63) is 78.0 Å². The number of hydrogen-bond acceptors (Lipinski definition) is 3. The van der Waals surface area contributed by atoms with Crippen molar-refractivity contribution in [1.29, 1.82) is 0 Å². The van der Waals surface area contributed by atoms with Crippen LogP contribution in [0, 0.1) is 5.41 Å². The van der Waals surface area contributed by atoms with Gasteiger partial charge in [0.25, 0.3) is 0 Å². The van der Waals surface area contributed by atoms with Gasteiger partial charge in [-0.05, 0) is 57.6 Å². The molecule has 0 saturated heterocycles. The Labute approximate surface area is 207 Å². The molecule has 0 bridgehead atoms. The topological polar surface area (TPSA) is 37.3 Å². The third-order valence-corrected chi connectivity index (χ3v) is 8.88. The molecule has 0 saturated carbocycles. The van der Waals surface area contributed by atoms with Crippen LogP contribution < -0.4 is 0 Å². The lowest BCUT2D eigenvalue weighted by Gasteiger charge is -2.26.